The van der Waals surface area contributed by atoms with Crippen molar-refractivity contribution in [1.29, 1.82) is 0 Å². The summed E-state index contributed by atoms with van der Waals surface area (Å²) in [6.45, 7) is 2.87. The minimum absolute atomic E-state index is 0.115. The van der Waals surface area contributed by atoms with Crippen molar-refractivity contribution in [3.63, 3.8) is 0 Å². The Kier molecular flexibility index (Phi) is 6.76. The van der Waals surface area contributed by atoms with Crippen LogP contribution in [0.5, 0.6) is 0 Å². The third-order valence-electron chi connectivity index (χ3n) is 2.70. The molecule has 2 aromatic rings. The monoisotopic (exact) mass is 387 g/mol. The molecule has 0 aliphatic rings. The highest BCUT2D eigenvalue weighted by molar-refractivity contribution is 8.01. The van der Waals surface area contributed by atoms with Crippen molar-refractivity contribution in [2.45, 2.75) is 17.7 Å². The van der Waals surface area contributed by atoms with Gasteiger partial charge in [0.15, 0.2) is 4.34 Å². The van der Waals surface area contributed by atoms with Gasteiger partial charge in [-0.15, -0.1) is 10.2 Å². The van der Waals surface area contributed by atoms with E-state index >= 15 is 0 Å². The summed E-state index contributed by atoms with van der Waals surface area (Å²) in [5, 5.41) is 25.2. The van der Waals surface area contributed by atoms with Crippen molar-refractivity contribution in [2.75, 3.05) is 22.9 Å². The van der Waals surface area contributed by atoms with Crippen LogP contribution >= 0.6 is 34.7 Å². The van der Waals surface area contributed by atoms with Crippen LogP contribution in [0.15, 0.2) is 22.5 Å². The molecule has 0 aliphatic carbocycles. The molecule has 2 N–H and O–H groups in total. The number of aromatic nitrogens is 2. The molecular weight excluding hydrogens is 374 g/mol. The van der Waals surface area contributed by atoms with Gasteiger partial charge in [-0.1, -0.05) is 41.6 Å². The number of non-ortho nitro benzene ring substituents is 1. The van der Waals surface area contributed by atoms with Crippen LogP contribution in [-0.4, -0.2) is 33.3 Å². The van der Waals surface area contributed by atoms with Gasteiger partial charge in [-0.05, 0) is 12.5 Å². The molecule has 0 radical (unpaired) electrons. The number of nitro benzene ring substituents is 1. The molecule has 1 aromatic heterocycles. The Morgan fingerprint density at radius 1 is 1.46 bits per heavy atom. The number of thioether (sulfide) groups is 1. The van der Waals surface area contributed by atoms with E-state index in [9.17, 15) is 14.9 Å². The lowest BCUT2D eigenvalue weighted by molar-refractivity contribution is -0.384. The summed E-state index contributed by atoms with van der Waals surface area (Å²) >= 11 is 8.57. The summed E-state index contributed by atoms with van der Waals surface area (Å²) in [5.41, 5.74) is 0.198. The molecule has 0 fully saturated rings. The Bertz CT molecular complexity index is 740. The minimum Gasteiger partial charge on any atom is -0.360 e. The third-order valence-corrected chi connectivity index (χ3v) is 5.02. The lowest BCUT2D eigenvalue weighted by Crippen LogP contribution is -2.14. The Balaban J connectivity index is 1.87. The molecule has 0 saturated carbocycles. The number of nitro groups is 1. The van der Waals surface area contributed by atoms with Gasteiger partial charge in [0.25, 0.3) is 5.69 Å². The number of carbonyl (C=O) groups is 1. The fourth-order valence-corrected chi connectivity index (χ4v) is 3.40. The average molecular weight is 388 g/mol. The second-order valence-electron chi connectivity index (χ2n) is 4.56. The standard InChI is InChI=1S/C13H14ClN5O3S2/c1-2-5-15-12-17-18-13(24-12)23-7-11(20)16-10-4-3-8(19(21)22)6-9(10)14/h3-4,6H,2,5,7H2,1H3,(H,15,17)(H,16,20). The van der Waals surface area contributed by atoms with Crippen LogP contribution in [0.3, 0.4) is 0 Å². The number of nitrogens with one attached hydrogen (secondary N) is 2. The largest absolute Gasteiger partial charge is 0.360 e. The second-order valence-corrected chi connectivity index (χ2v) is 7.17. The maximum absolute atomic E-state index is 12.0. The van der Waals surface area contributed by atoms with Gasteiger partial charge in [-0.2, -0.15) is 0 Å². The predicted molar refractivity (Wildman–Crippen MR) is 96.1 cm³/mol. The Morgan fingerprint density at radius 3 is 2.92 bits per heavy atom. The van der Waals surface area contributed by atoms with E-state index in [0.717, 1.165) is 18.1 Å². The van der Waals surface area contributed by atoms with Crippen molar-refractivity contribution >= 4 is 57.1 Å². The molecule has 0 atom stereocenters. The quantitative estimate of drug-likeness (QED) is 0.404. The van der Waals surface area contributed by atoms with Gasteiger partial charge >= 0.3 is 0 Å². The third kappa shape index (κ3) is 5.32. The average Bonchev–Trinajstić information content (AvgIpc) is 3.00. The van der Waals surface area contributed by atoms with E-state index in [1.807, 2.05) is 0 Å². The Hall–Kier alpha value is -1.91. The molecule has 11 heteroatoms. The molecule has 0 bridgehead atoms. The van der Waals surface area contributed by atoms with Crippen molar-refractivity contribution in [2.24, 2.45) is 0 Å². The van der Waals surface area contributed by atoms with Crippen LogP contribution in [0.2, 0.25) is 5.02 Å². The fourth-order valence-electron chi connectivity index (χ4n) is 1.60. The predicted octanol–water partition coefficient (Wildman–Crippen LogP) is 3.65. The second kappa shape index (κ2) is 8.81. The number of hydrogen-bond acceptors (Lipinski definition) is 8. The number of halogens is 1. The maximum Gasteiger partial charge on any atom is 0.271 e. The van der Waals surface area contributed by atoms with E-state index < -0.39 is 4.92 Å². The van der Waals surface area contributed by atoms with E-state index in [1.165, 1.54) is 41.3 Å². The SMILES string of the molecule is CCCNc1nnc(SCC(=O)Nc2ccc([N+](=O)[O-])cc2Cl)s1. The zero-order valence-electron chi connectivity index (χ0n) is 12.6. The van der Waals surface area contributed by atoms with Gasteiger partial charge in [-0.25, -0.2) is 0 Å². The van der Waals surface area contributed by atoms with E-state index in [2.05, 4.69) is 27.8 Å². The van der Waals surface area contributed by atoms with Crippen LogP contribution in [0.4, 0.5) is 16.5 Å². The minimum atomic E-state index is -0.549. The molecule has 0 spiro atoms. The summed E-state index contributed by atoms with van der Waals surface area (Å²) in [4.78, 5) is 22.1. The number of anilines is 2. The number of amides is 1. The van der Waals surface area contributed by atoms with Gasteiger partial charge in [0.1, 0.15) is 0 Å². The van der Waals surface area contributed by atoms with Crippen LogP contribution in [-0.2, 0) is 4.79 Å². The highest BCUT2D eigenvalue weighted by Crippen LogP contribution is 2.28. The number of carbonyl (C=O) groups excluding carboxylic acids is 1. The number of benzene rings is 1. The first-order chi connectivity index (χ1) is 11.5. The maximum atomic E-state index is 12.0. The van der Waals surface area contributed by atoms with E-state index in [4.69, 9.17) is 11.6 Å². The van der Waals surface area contributed by atoms with E-state index in [1.54, 1.807) is 0 Å². The highest BCUT2D eigenvalue weighted by Gasteiger charge is 2.13. The fraction of sp³-hybridized carbons (Fsp3) is 0.308. The number of nitrogens with zero attached hydrogens (tertiary/aromatic N) is 3. The van der Waals surface area contributed by atoms with Crippen molar-refractivity contribution in [1.82, 2.24) is 10.2 Å². The normalized spacial score (nSPS) is 10.4. The first kappa shape index (κ1) is 18.4. The zero-order valence-corrected chi connectivity index (χ0v) is 15.0. The molecule has 0 unspecified atom stereocenters. The van der Waals surface area contributed by atoms with Gasteiger partial charge < -0.3 is 10.6 Å². The van der Waals surface area contributed by atoms with Gasteiger partial charge in [0.05, 0.1) is 21.4 Å². The van der Waals surface area contributed by atoms with Gasteiger partial charge in [-0.3, -0.25) is 14.9 Å². The smallest absolute Gasteiger partial charge is 0.271 e. The molecule has 2 rings (SSSR count). The lowest BCUT2D eigenvalue weighted by Gasteiger charge is -2.06. The summed E-state index contributed by atoms with van der Waals surface area (Å²) in [7, 11) is 0. The van der Waals surface area contributed by atoms with Crippen molar-refractivity contribution in [3.05, 3.63) is 33.3 Å². The Morgan fingerprint density at radius 2 is 2.25 bits per heavy atom. The summed E-state index contributed by atoms with van der Waals surface area (Å²) in [5.74, 6) is -0.149. The number of hydrogen-bond donors (Lipinski definition) is 2. The highest BCUT2D eigenvalue weighted by atomic mass is 35.5. The van der Waals surface area contributed by atoms with Crippen LogP contribution in [0.25, 0.3) is 0 Å². The Labute approximate surface area is 151 Å². The molecule has 8 nitrogen and oxygen atoms in total. The summed E-state index contributed by atoms with van der Waals surface area (Å²) < 4.78 is 0.679. The summed E-state index contributed by atoms with van der Waals surface area (Å²) in [6.07, 6.45) is 0.987. The molecule has 1 amide bonds. The zero-order chi connectivity index (χ0) is 17.5. The number of rotatable bonds is 8. The van der Waals surface area contributed by atoms with E-state index in [0.29, 0.717) is 10.0 Å². The first-order valence-corrected chi connectivity index (χ1v) is 9.11. The van der Waals surface area contributed by atoms with Crippen LogP contribution in [0.1, 0.15) is 13.3 Å². The van der Waals surface area contributed by atoms with Crippen molar-refractivity contribution in [3.8, 4) is 0 Å². The molecule has 1 aromatic carbocycles. The molecule has 128 valence electrons. The van der Waals surface area contributed by atoms with Crippen LogP contribution < -0.4 is 10.6 Å². The first-order valence-electron chi connectivity index (χ1n) is 6.93. The van der Waals surface area contributed by atoms with Gasteiger partial charge in [0.2, 0.25) is 11.0 Å². The molecule has 0 aliphatic heterocycles. The molecule has 24 heavy (non-hydrogen) atoms. The van der Waals surface area contributed by atoms with Crippen molar-refractivity contribution < 1.29 is 9.72 Å². The topological polar surface area (TPSA) is 110 Å². The molecule has 1 heterocycles. The van der Waals surface area contributed by atoms with Gasteiger partial charge in [0, 0.05) is 18.7 Å². The van der Waals surface area contributed by atoms with Crippen LogP contribution in [0, 0.1) is 10.1 Å². The van der Waals surface area contributed by atoms with E-state index in [-0.39, 0.29) is 22.4 Å². The lowest BCUT2D eigenvalue weighted by atomic mass is 10.3. The summed E-state index contributed by atoms with van der Waals surface area (Å²) in [6, 6.07) is 3.88. The molecular formula is C13H14ClN5O3S2. The molecule has 0 saturated heterocycles.